The second kappa shape index (κ2) is 9.43. The Morgan fingerprint density at radius 3 is 2.66 bits per heavy atom. The van der Waals surface area contributed by atoms with Gasteiger partial charge in [0.2, 0.25) is 5.88 Å². The van der Waals surface area contributed by atoms with Crippen LogP contribution >= 0.6 is 11.3 Å². The third-order valence-corrected chi connectivity index (χ3v) is 6.04. The Labute approximate surface area is 201 Å². The van der Waals surface area contributed by atoms with Crippen molar-refractivity contribution in [1.82, 2.24) is 19.9 Å². The molecule has 35 heavy (non-hydrogen) atoms. The maximum absolute atomic E-state index is 14.9. The van der Waals surface area contributed by atoms with Crippen molar-refractivity contribution in [1.29, 1.82) is 0 Å². The number of halogens is 2. The number of hydrogen-bond donors (Lipinski definition) is 1. The Morgan fingerprint density at radius 1 is 1.03 bits per heavy atom. The molecule has 0 saturated carbocycles. The molecule has 0 unspecified atom stereocenters. The molecule has 0 fully saturated rings. The summed E-state index contributed by atoms with van der Waals surface area (Å²) in [6, 6.07) is 14.2. The molecule has 5 aromatic rings. The molecule has 0 aliphatic carbocycles. The van der Waals surface area contributed by atoms with Gasteiger partial charge in [0.05, 0.1) is 16.8 Å². The number of pyridine rings is 1. The zero-order chi connectivity index (χ0) is 24.4. The van der Waals surface area contributed by atoms with Crippen LogP contribution in [0, 0.1) is 11.6 Å². The number of carbonyl (C=O) groups is 1. The van der Waals surface area contributed by atoms with Crippen molar-refractivity contribution in [2.45, 2.75) is 6.54 Å². The molecule has 0 spiro atoms. The number of hydrogen-bond acceptors (Lipinski definition) is 6. The molecule has 7 nitrogen and oxygen atoms in total. The van der Waals surface area contributed by atoms with Gasteiger partial charge in [0.25, 0.3) is 11.5 Å². The summed E-state index contributed by atoms with van der Waals surface area (Å²) in [4.78, 5) is 33.2. The van der Waals surface area contributed by atoms with E-state index in [2.05, 4.69) is 15.3 Å². The van der Waals surface area contributed by atoms with E-state index >= 15 is 0 Å². The third-order valence-electron chi connectivity index (χ3n) is 5.15. The van der Waals surface area contributed by atoms with Gasteiger partial charge >= 0.3 is 0 Å². The molecule has 0 atom stereocenters. The average molecular weight is 490 g/mol. The van der Waals surface area contributed by atoms with Gasteiger partial charge < -0.3 is 10.1 Å². The summed E-state index contributed by atoms with van der Waals surface area (Å²) in [5.41, 5.74) is 1.39. The smallest absolute Gasteiger partial charge is 0.255 e. The van der Waals surface area contributed by atoms with E-state index < -0.39 is 17.3 Å². The van der Waals surface area contributed by atoms with E-state index in [0.29, 0.717) is 15.8 Å². The summed E-state index contributed by atoms with van der Waals surface area (Å²) < 4.78 is 35.4. The zero-order valence-corrected chi connectivity index (χ0v) is 18.8. The van der Waals surface area contributed by atoms with Gasteiger partial charge in [-0.15, -0.1) is 11.3 Å². The highest BCUT2D eigenvalue weighted by molar-refractivity contribution is 7.17. The van der Waals surface area contributed by atoms with Gasteiger partial charge in [0, 0.05) is 24.9 Å². The summed E-state index contributed by atoms with van der Waals surface area (Å²) in [6.07, 6.45) is 2.67. The molecule has 0 radical (unpaired) electrons. The van der Waals surface area contributed by atoms with Gasteiger partial charge in [0.15, 0.2) is 11.6 Å². The molecule has 0 saturated heterocycles. The number of rotatable bonds is 6. The van der Waals surface area contributed by atoms with Crippen LogP contribution in [-0.2, 0) is 6.54 Å². The number of fused-ring (bicyclic) bond motifs is 1. The highest BCUT2D eigenvalue weighted by Gasteiger charge is 2.14. The number of thiophene rings is 1. The van der Waals surface area contributed by atoms with Crippen LogP contribution in [0.4, 0.5) is 8.78 Å². The number of ether oxygens (including phenoxy) is 1. The predicted octanol–water partition coefficient (Wildman–Crippen LogP) is 4.84. The van der Waals surface area contributed by atoms with E-state index in [1.807, 2.05) is 11.4 Å². The van der Waals surface area contributed by atoms with Crippen molar-refractivity contribution >= 4 is 27.5 Å². The van der Waals surface area contributed by atoms with E-state index in [1.165, 1.54) is 64.8 Å². The Morgan fingerprint density at radius 2 is 1.86 bits per heavy atom. The lowest BCUT2D eigenvalue weighted by Gasteiger charge is -2.11. The first-order valence-electron chi connectivity index (χ1n) is 10.4. The molecule has 10 heteroatoms. The van der Waals surface area contributed by atoms with E-state index in [1.54, 1.807) is 12.1 Å². The van der Waals surface area contributed by atoms with Gasteiger partial charge in [-0.3, -0.25) is 14.2 Å². The number of nitrogens with one attached hydrogen (secondary N) is 1. The maximum Gasteiger partial charge on any atom is 0.255 e. The Bertz CT molecular complexity index is 1600. The van der Waals surface area contributed by atoms with Gasteiger partial charge in [0.1, 0.15) is 16.8 Å². The molecule has 3 heterocycles. The fourth-order valence-electron chi connectivity index (χ4n) is 3.38. The second-order valence-electron chi connectivity index (χ2n) is 7.47. The first-order chi connectivity index (χ1) is 17.0. The molecular weight excluding hydrogens is 474 g/mol. The van der Waals surface area contributed by atoms with Crippen molar-refractivity contribution in [3.8, 4) is 17.3 Å². The summed E-state index contributed by atoms with van der Waals surface area (Å²) in [7, 11) is 0. The molecule has 5 rings (SSSR count). The summed E-state index contributed by atoms with van der Waals surface area (Å²) in [5, 5.41) is 4.55. The summed E-state index contributed by atoms with van der Waals surface area (Å²) in [6.45, 7) is 0.180. The molecule has 3 aromatic heterocycles. The van der Waals surface area contributed by atoms with Crippen molar-refractivity contribution in [3.63, 3.8) is 0 Å². The van der Waals surface area contributed by atoms with Crippen LogP contribution in [0.1, 0.15) is 15.9 Å². The number of amides is 1. The van der Waals surface area contributed by atoms with Crippen LogP contribution in [0.2, 0.25) is 0 Å². The van der Waals surface area contributed by atoms with Crippen molar-refractivity contribution in [3.05, 3.63) is 112 Å². The minimum atomic E-state index is -0.705. The Balaban J connectivity index is 1.36. The third kappa shape index (κ3) is 4.78. The maximum atomic E-state index is 14.9. The standard InChI is InChI=1S/C25H16F2N4O3S/c26-17-4-1-15(2-5-17)12-28-24(33)16-3-8-22(32)31(13-16)18-6-7-21(19(27)11-18)34-25-23-20(9-10-35-23)29-14-30-25/h1-11,13-14H,12H2,(H,28,33). The van der Waals surface area contributed by atoms with Gasteiger partial charge in [-0.2, -0.15) is 0 Å². The molecule has 1 amide bonds. The number of benzene rings is 2. The zero-order valence-electron chi connectivity index (χ0n) is 17.9. The van der Waals surface area contributed by atoms with Crippen LogP contribution in [0.5, 0.6) is 11.6 Å². The SMILES string of the molecule is O=C(NCc1ccc(F)cc1)c1ccc(=O)n(-c2ccc(Oc3ncnc4ccsc34)c(F)c2)c1. The Hall–Kier alpha value is -4.44. The van der Waals surface area contributed by atoms with E-state index in [9.17, 15) is 18.4 Å². The fraction of sp³-hybridized carbons (Fsp3) is 0.0400. The van der Waals surface area contributed by atoms with Crippen molar-refractivity contribution in [2.24, 2.45) is 0 Å². The lowest BCUT2D eigenvalue weighted by Crippen LogP contribution is -2.25. The lowest BCUT2D eigenvalue weighted by molar-refractivity contribution is 0.0950. The van der Waals surface area contributed by atoms with E-state index in [4.69, 9.17) is 4.74 Å². The van der Waals surface area contributed by atoms with Crippen LogP contribution in [0.15, 0.2) is 83.4 Å². The summed E-state index contributed by atoms with van der Waals surface area (Å²) in [5.74, 6) is -1.35. The number of aromatic nitrogens is 3. The Kier molecular flexibility index (Phi) is 6.02. The molecule has 1 N–H and O–H groups in total. The number of nitrogens with zero attached hydrogens (tertiary/aromatic N) is 3. The minimum absolute atomic E-state index is 0.0663. The molecule has 0 aliphatic rings. The van der Waals surface area contributed by atoms with Crippen LogP contribution < -0.4 is 15.6 Å². The van der Waals surface area contributed by atoms with E-state index in [-0.39, 0.29) is 35.2 Å². The van der Waals surface area contributed by atoms with Gasteiger partial charge in [-0.1, -0.05) is 12.1 Å². The average Bonchev–Trinajstić information content (AvgIpc) is 3.35. The van der Waals surface area contributed by atoms with Gasteiger partial charge in [-0.25, -0.2) is 18.7 Å². The second-order valence-corrected chi connectivity index (χ2v) is 8.38. The lowest BCUT2D eigenvalue weighted by atomic mass is 10.2. The first kappa shape index (κ1) is 22.4. The first-order valence-corrected chi connectivity index (χ1v) is 11.3. The molecule has 0 aliphatic heterocycles. The van der Waals surface area contributed by atoms with Gasteiger partial charge in [-0.05, 0) is 47.3 Å². The molecule has 174 valence electrons. The molecular formula is C25H16F2N4O3S. The topological polar surface area (TPSA) is 86.1 Å². The largest absolute Gasteiger partial charge is 0.434 e. The monoisotopic (exact) mass is 490 g/mol. The predicted molar refractivity (Wildman–Crippen MR) is 127 cm³/mol. The van der Waals surface area contributed by atoms with Crippen molar-refractivity contribution in [2.75, 3.05) is 0 Å². The van der Waals surface area contributed by atoms with Crippen LogP contribution in [0.3, 0.4) is 0 Å². The molecule has 2 aromatic carbocycles. The van der Waals surface area contributed by atoms with Crippen LogP contribution in [-0.4, -0.2) is 20.4 Å². The van der Waals surface area contributed by atoms with Crippen molar-refractivity contribution < 1.29 is 18.3 Å². The molecule has 0 bridgehead atoms. The summed E-state index contributed by atoms with van der Waals surface area (Å²) >= 11 is 1.38. The number of carbonyl (C=O) groups excluding carboxylic acids is 1. The quantitative estimate of drug-likeness (QED) is 0.368. The van der Waals surface area contributed by atoms with E-state index in [0.717, 1.165) is 6.07 Å². The highest BCUT2D eigenvalue weighted by Crippen LogP contribution is 2.32. The van der Waals surface area contributed by atoms with Crippen LogP contribution in [0.25, 0.3) is 15.9 Å². The fourth-order valence-corrected chi connectivity index (χ4v) is 4.15. The normalized spacial score (nSPS) is 10.9. The highest BCUT2D eigenvalue weighted by atomic mass is 32.1. The minimum Gasteiger partial charge on any atom is -0.434 e.